The lowest BCUT2D eigenvalue weighted by molar-refractivity contribution is 0.507. The van der Waals surface area contributed by atoms with E-state index in [2.05, 4.69) is 9.50 Å². The Labute approximate surface area is 80.7 Å². The fourth-order valence-corrected chi connectivity index (χ4v) is 4.80. The van der Waals surface area contributed by atoms with Crippen molar-refractivity contribution in [2.45, 2.75) is 9.79 Å². The fourth-order valence-electron chi connectivity index (χ4n) is 1.15. The van der Waals surface area contributed by atoms with E-state index in [1.807, 2.05) is 0 Å². The molecule has 0 saturated heterocycles. The molecule has 14 heavy (non-hydrogen) atoms. The number of benzene rings is 1. The van der Waals surface area contributed by atoms with Gasteiger partial charge in [-0.05, 0) is 24.1 Å². The molecule has 0 aliphatic carbocycles. The normalized spacial score (nSPS) is 28.6. The van der Waals surface area contributed by atoms with Crippen LogP contribution in [0.15, 0.2) is 28.0 Å². The maximum atomic E-state index is 12.7. The van der Waals surface area contributed by atoms with Gasteiger partial charge in [0.25, 0.3) is 0 Å². The van der Waals surface area contributed by atoms with Gasteiger partial charge in [-0.3, -0.25) is 0 Å². The van der Waals surface area contributed by atoms with Crippen LogP contribution < -0.4 is 0 Å². The zero-order valence-corrected chi connectivity index (χ0v) is 8.40. The monoisotopic (exact) mass is 236 g/mol. The van der Waals surface area contributed by atoms with Gasteiger partial charge in [-0.2, -0.15) is 12.0 Å². The smallest absolute Gasteiger partial charge is 0.235 e. The topological polar surface area (TPSA) is 60.4 Å². The molecule has 1 aromatic rings. The molecule has 0 amide bonds. The average Bonchev–Trinajstić information content (AvgIpc) is 2.17. The first-order chi connectivity index (χ1) is 6.33. The molecule has 0 aromatic heterocycles. The summed E-state index contributed by atoms with van der Waals surface area (Å²) in [5, 5.41) is 0. The zero-order chi connectivity index (χ0) is 10.6. The summed E-state index contributed by atoms with van der Waals surface area (Å²) in [4.78, 5) is -0.489. The predicted octanol–water partition coefficient (Wildman–Crippen LogP) is 0.535. The molecule has 0 N–H and O–H groups in total. The number of hydrogen-bond acceptors (Lipinski definition) is 4. The van der Waals surface area contributed by atoms with E-state index >= 15 is 0 Å². The molecule has 1 aromatic carbocycles. The molecule has 1 unspecified atom stereocenters. The molecular weight excluding hydrogens is 231 g/mol. The van der Waals surface area contributed by atoms with E-state index in [0.717, 1.165) is 18.2 Å². The van der Waals surface area contributed by atoms with E-state index < -0.39 is 30.6 Å². The van der Waals surface area contributed by atoms with Crippen LogP contribution in [0, 0.1) is 5.82 Å². The van der Waals surface area contributed by atoms with E-state index in [4.69, 9.17) is 0 Å². The summed E-state index contributed by atoms with van der Waals surface area (Å²) in [5.41, 5.74) is 0. The molecule has 76 valence electrons. The highest BCUT2D eigenvalue weighted by Crippen LogP contribution is 2.33. The van der Waals surface area contributed by atoms with Crippen molar-refractivity contribution in [3.8, 4) is 0 Å². The maximum absolute atomic E-state index is 12.7. The Morgan fingerprint density at radius 2 is 1.86 bits per heavy atom. The van der Waals surface area contributed by atoms with E-state index in [1.165, 1.54) is 0 Å². The predicted molar refractivity (Wildman–Crippen MR) is 48.2 cm³/mol. The molecule has 0 radical (unpaired) electrons. The van der Waals surface area contributed by atoms with E-state index in [9.17, 15) is 17.0 Å². The number of rotatable bonds is 0. The van der Waals surface area contributed by atoms with Gasteiger partial charge in [-0.15, -0.1) is 0 Å². The second-order valence-corrected chi connectivity index (χ2v) is 6.29. The van der Waals surface area contributed by atoms with Crippen LogP contribution in [0.25, 0.3) is 0 Å². The Morgan fingerprint density at radius 1 is 1.21 bits per heavy atom. The van der Waals surface area contributed by atoms with Crippen molar-refractivity contribution in [3.63, 3.8) is 0 Å². The summed E-state index contributed by atoms with van der Waals surface area (Å²) in [6.45, 7) is 0. The molecule has 4 nitrogen and oxygen atoms in total. The Balaban J connectivity index is 2.93. The summed E-state index contributed by atoms with van der Waals surface area (Å²) < 4.78 is 50.9. The van der Waals surface area contributed by atoms with Gasteiger partial charge in [-0.25, -0.2) is 8.60 Å². The summed E-state index contributed by atoms with van der Waals surface area (Å²) in [7, 11) is -7.40. The van der Waals surface area contributed by atoms with Crippen molar-refractivity contribution in [2.75, 3.05) is 0 Å². The van der Waals surface area contributed by atoms with Gasteiger partial charge >= 0.3 is 10.1 Å². The lowest BCUT2D eigenvalue weighted by Crippen LogP contribution is -2.00. The van der Waals surface area contributed by atoms with Crippen LogP contribution in [0.1, 0.15) is 0 Å². The quantitative estimate of drug-likeness (QED) is 0.617. The standard InChI is InChI=1S/C7H5FO4S2/c1-13(9)6-3-2-5(8)4-7(6)14(10,11)12-13/h2-4H,1H2. The average molecular weight is 236 g/mol. The number of hydrogen-bond donors (Lipinski definition) is 0. The largest absolute Gasteiger partial charge is 0.310 e. The van der Waals surface area contributed by atoms with Gasteiger partial charge in [-0.1, -0.05) is 0 Å². The Hall–Kier alpha value is -0.920. The van der Waals surface area contributed by atoms with Crippen LogP contribution in [-0.2, 0) is 23.6 Å². The molecule has 0 spiro atoms. The van der Waals surface area contributed by atoms with Crippen LogP contribution in [0.5, 0.6) is 0 Å². The summed E-state index contributed by atoms with van der Waals surface area (Å²) >= 11 is 0. The first kappa shape index (κ1) is 9.63. The second-order valence-electron chi connectivity index (χ2n) is 2.73. The highest BCUT2D eigenvalue weighted by Gasteiger charge is 2.36. The van der Waals surface area contributed by atoms with Crippen molar-refractivity contribution in [2.24, 2.45) is 0 Å². The first-order valence-electron chi connectivity index (χ1n) is 3.46. The highest BCUT2D eigenvalue weighted by molar-refractivity contribution is 8.07. The molecular formula is C7H5FO4S2. The van der Waals surface area contributed by atoms with E-state index in [0.29, 0.717) is 0 Å². The summed E-state index contributed by atoms with van der Waals surface area (Å²) in [6, 6.07) is 2.88. The minimum absolute atomic E-state index is 0.0844. The molecule has 7 heteroatoms. The first-order valence-corrected chi connectivity index (χ1v) is 6.52. The van der Waals surface area contributed by atoms with Gasteiger partial charge in [0.2, 0.25) is 0 Å². The van der Waals surface area contributed by atoms with Crippen LogP contribution in [0.2, 0.25) is 0 Å². The van der Waals surface area contributed by atoms with Crippen molar-refractivity contribution in [1.29, 1.82) is 0 Å². The van der Waals surface area contributed by atoms with Gasteiger partial charge in [0.1, 0.15) is 20.5 Å². The van der Waals surface area contributed by atoms with Crippen LogP contribution in [-0.4, -0.2) is 18.5 Å². The highest BCUT2D eigenvalue weighted by atomic mass is 32.3. The van der Waals surface area contributed by atoms with E-state index in [1.54, 1.807) is 0 Å². The van der Waals surface area contributed by atoms with Crippen molar-refractivity contribution in [3.05, 3.63) is 24.0 Å². The molecule has 0 bridgehead atoms. The van der Waals surface area contributed by atoms with Crippen LogP contribution in [0.4, 0.5) is 4.39 Å². The Morgan fingerprint density at radius 3 is 2.50 bits per heavy atom. The molecule has 0 saturated carbocycles. The third-order valence-electron chi connectivity index (χ3n) is 1.71. The zero-order valence-electron chi connectivity index (χ0n) is 6.77. The molecule has 1 heterocycles. The van der Waals surface area contributed by atoms with Gasteiger partial charge in [0, 0.05) is 0 Å². The lowest BCUT2D eigenvalue weighted by Gasteiger charge is -1.95. The third-order valence-corrected chi connectivity index (χ3v) is 5.34. The minimum Gasteiger partial charge on any atom is -0.235 e. The van der Waals surface area contributed by atoms with Gasteiger partial charge < -0.3 is 0 Å². The van der Waals surface area contributed by atoms with Crippen LogP contribution >= 0.6 is 0 Å². The van der Waals surface area contributed by atoms with Crippen LogP contribution in [0.3, 0.4) is 0 Å². The molecule has 0 fully saturated rings. The summed E-state index contributed by atoms with van der Waals surface area (Å²) in [6.07, 6.45) is 0. The Bertz CT molecular complexity index is 601. The molecule has 2 rings (SSSR count). The minimum atomic E-state index is -4.11. The fraction of sp³-hybridized carbons (Fsp3) is 0. The number of halogens is 1. The maximum Gasteiger partial charge on any atom is 0.310 e. The number of fused-ring (bicyclic) bond motifs is 1. The SMILES string of the molecule is C=S1(=O)OS(=O)(=O)c2cc(F)ccc21. The lowest BCUT2D eigenvalue weighted by atomic mass is 10.3. The van der Waals surface area contributed by atoms with Crippen molar-refractivity contribution in [1.82, 2.24) is 0 Å². The molecule has 1 atom stereocenters. The molecule has 1 aliphatic heterocycles. The van der Waals surface area contributed by atoms with E-state index in [-0.39, 0.29) is 4.90 Å². The van der Waals surface area contributed by atoms with Gasteiger partial charge in [0.15, 0.2) is 0 Å². The van der Waals surface area contributed by atoms with Gasteiger partial charge in [0.05, 0.1) is 4.90 Å². The molecule has 1 aliphatic rings. The summed E-state index contributed by atoms with van der Waals surface area (Å²) in [5.74, 6) is 2.41. The van der Waals surface area contributed by atoms with Crippen molar-refractivity contribution < 1.29 is 20.6 Å². The second kappa shape index (κ2) is 2.56. The third kappa shape index (κ3) is 1.24. The Kier molecular flexibility index (Phi) is 1.76. The van der Waals surface area contributed by atoms with Crippen molar-refractivity contribution >= 4 is 25.8 Å².